The van der Waals surface area contributed by atoms with E-state index in [2.05, 4.69) is 36.9 Å². The van der Waals surface area contributed by atoms with Crippen LogP contribution in [0, 0.1) is 0 Å². The van der Waals surface area contributed by atoms with Gasteiger partial charge in [-0.3, -0.25) is 43.2 Å². The van der Waals surface area contributed by atoms with Crippen molar-refractivity contribution in [2.24, 2.45) is 11.5 Å². The number of aromatic nitrogens is 1. The summed E-state index contributed by atoms with van der Waals surface area (Å²) in [7, 11) is 0. The molecule has 7 amide bonds. The van der Waals surface area contributed by atoms with Crippen LogP contribution in [0.1, 0.15) is 44.1 Å². The maximum absolute atomic E-state index is 14.1. The van der Waals surface area contributed by atoms with E-state index in [-0.39, 0.29) is 32.2 Å². The average molecular weight is 859 g/mol. The number of H-pyrrole nitrogens is 1. The van der Waals surface area contributed by atoms with E-state index in [1.807, 2.05) is 5.32 Å². The lowest BCUT2D eigenvalue weighted by atomic mass is 10.0. The van der Waals surface area contributed by atoms with Crippen LogP contribution in [0.3, 0.4) is 0 Å². The number of benzene rings is 1. The monoisotopic (exact) mass is 858 g/mol. The standard InChI is InChI=1S/C37H50N10O14/c38-12-4-3-7-22-32(55)44-24(13-18-15-40-21-6-2-1-5-19(18)21)34(57)46-26(36(59)47-27(17-48)37(60)61)16-41-28(49)10-9-23(42-31(54)20(39)8-11-29(50)51)33(56)45-25(14-30(52)53)35(58)43-22/h1-2,5-6,9-10,15,20,22-27,40,48H,3-4,7-8,11-14,16-17,38-39H2,(H,41,49)(H,42,54)(H,43,58)(H,44,55)(H,45,56)(H,46,57)(H,47,59)(H,50,51)(H,52,53)(H,60,61)/b10-9-/t20-,22-,23-,24-,25-,26-,27-/m0/s1. The van der Waals surface area contributed by atoms with E-state index in [9.17, 15) is 63.3 Å². The lowest BCUT2D eigenvalue weighted by Gasteiger charge is -2.27. The van der Waals surface area contributed by atoms with Gasteiger partial charge in [0, 0.05) is 42.6 Å². The van der Waals surface area contributed by atoms with E-state index in [0.717, 1.165) is 6.08 Å². The normalized spacial score (nSPS) is 22.1. The molecule has 0 bridgehead atoms. The predicted octanol–water partition coefficient (Wildman–Crippen LogP) is -4.82. The topological polar surface area (TPSA) is 404 Å². The molecule has 332 valence electrons. The van der Waals surface area contributed by atoms with Crippen LogP contribution in [-0.2, 0) is 54.4 Å². The van der Waals surface area contributed by atoms with E-state index < -0.39 is 128 Å². The SMILES string of the molecule is NCCCC[C@@H]1NC(=O)[C@H](CC(=O)O)NC(=O)[C@@H](NC(=O)[C@@H](N)CCC(=O)O)/C=C\C(=O)NC[C@@H](C(=O)N[C@@H](CO)C(=O)O)NC(=O)[C@H](Cc2c[nH]c3ccccc23)NC1=O. The number of aromatic amines is 1. The number of unbranched alkanes of at least 4 members (excludes halogenated alkanes) is 1. The summed E-state index contributed by atoms with van der Waals surface area (Å²) in [6.07, 6.45) is 1.39. The smallest absolute Gasteiger partial charge is 0.328 e. The van der Waals surface area contributed by atoms with Crippen LogP contribution in [0.4, 0.5) is 0 Å². The Bertz CT molecular complexity index is 1990. The molecule has 0 spiro atoms. The highest BCUT2D eigenvalue weighted by atomic mass is 16.4. The van der Waals surface area contributed by atoms with Gasteiger partial charge in [-0.2, -0.15) is 0 Å². The second-order valence-corrected chi connectivity index (χ2v) is 13.9. The maximum atomic E-state index is 14.1. The van der Waals surface area contributed by atoms with Gasteiger partial charge in [0.1, 0.15) is 36.3 Å². The first kappa shape index (κ1) is 48.4. The number of carboxylic acids is 3. The van der Waals surface area contributed by atoms with Crippen LogP contribution in [0.25, 0.3) is 10.9 Å². The van der Waals surface area contributed by atoms with Gasteiger partial charge >= 0.3 is 17.9 Å². The van der Waals surface area contributed by atoms with E-state index in [1.165, 1.54) is 0 Å². The first-order chi connectivity index (χ1) is 28.9. The van der Waals surface area contributed by atoms with Gasteiger partial charge in [-0.25, -0.2) is 4.79 Å². The summed E-state index contributed by atoms with van der Waals surface area (Å²) in [6.45, 7) is -1.63. The quantitative estimate of drug-likeness (QED) is 0.0664. The fourth-order valence-electron chi connectivity index (χ4n) is 5.94. The molecule has 7 atom stereocenters. The zero-order chi connectivity index (χ0) is 45.2. The number of para-hydroxylation sites is 1. The van der Waals surface area contributed by atoms with Crippen molar-refractivity contribution in [3.8, 4) is 0 Å². The summed E-state index contributed by atoms with van der Waals surface area (Å²) in [5.41, 5.74) is 12.6. The molecule has 16 N–H and O–H groups in total. The highest BCUT2D eigenvalue weighted by Gasteiger charge is 2.35. The molecule has 24 heteroatoms. The molecule has 1 aromatic carbocycles. The first-order valence-corrected chi connectivity index (χ1v) is 19.0. The number of carbonyl (C=O) groups is 10. The number of hydrogen-bond donors (Lipinski definition) is 14. The highest BCUT2D eigenvalue weighted by molar-refractivity contribution is 6.00. The van der Waals surface area contributed by atoms with Gasteiger partial charge in [-0.05, 0) is 49.9 Å². The van der Waals surface area contributed by atoms with Crippen molar-refractivity contribution in [3.05, 3.63) is 48.2 Å². The average Bonchev–Trinajstić information content (AvgIpc) is 3.62. The minimum Gasteiger partial charge on any atom is -0.481 e. The summed E-state index contributed by atoms with van der Waals surface area (Å²) in [5, 5.41) is 54.3. The van der Waals surface area contributed by atoms with Crippen LogP contribution in [0.2, 0.25) is 0 Å². The summed E-state index contributed by atoms with van der Waals surface area (Å²) < 4.78 is 0. The molecule has 0 saturated heterocycles. The van der Waals surface area contributed by atoms with Crippen LogP contribution in [0.15, 0.2) is 42.6 Å². The molecule has 0 saturated carbocycles. The maximum Gasteiger partial charge on any atom is 0.328 e. The number of rotatable bonds is 17. The summed E-state index contributed by atoms with van der Waals surface area (Å²) in [4.78, 5) is 132. The van der Waals surface area contributed by atoms with Gasteiger partial charge in [-0.15, -0.1) is 0 Å². The molecule has 1 aliphatic rings. The van der Waals surface area contributed by atoms with Crippen LogP contribution in [-0.4, -0.2) is 147 Å². The molecule has 61 heavy (non-hydrogen) atoms. The lowest BCUT2D eigenvalue weighted by Crippen LogP contribution is -2.61. The summed E-state index contributed by atoms with van der Waals surface area (Å²) >= 11 is 0. The lowest BCUT2D eigenvalue weighted by molar-refractivity contribution is -0.143. The number of aliphatic hydroxyl groups is 1. The fraction of sp³-hybridized carbons (Fsp3) is 0.459. The molecule has 0 aliphatic carbocycles. The minimum absolute atomic E-state index is 0.103. The largest absolute Gasteiger partial charge is 0.481 e. The Balaban J connectivity index is 2.13. The van der Waals surface area contributed by atoms with Crippen LogP contribution >= 0.6 is 0 Å². The first-order valence-electron chi connectivity index (χ1n) is 19.0. The fourth-order valence-corrected chi connectivity index (χ4v) is 5.94. The Hall–Kier alpha value is -6.92. The molecule has 1 aromatic heterocycles. The van der Waals surface area contributed by atoms with Gasteiger partial charge in [0.05, 0.1) is 19.1 Å². The van der Waals surface area contributed by atoms with E-state index >= 15 is 0 Å². The molecule has 1 aliphatic heterocycles. The molecule has 0 fully saturated rings. The third-order valence-electron chi connectivity index (χ3n) is 9.26. The molecule has 24 nitrogen and oxygen atoms in total. The van der Waals surface area contributed by atoms with Crippen molar-refractivity contribution in [1.82, 2.24) is 42.2 Å². The van der Waals surface area contributed by atoms with Gasteiger partial charge < -0.3 is 74.1 Å². The number of hydrogen-bond acceptors (Lipinski definition) is 13. The number of fused-ring (bicyclic) bond motifs is 1. The summed E-state index contributed by atoms with van der Waals surface area (Å²) in [5.74, 6) is -12.2. The minimum atomic E-state index is -1.89. The van der Waals surface area contributed by atoms with E-state index in [1.54, 1.807) is 30.5 Å². The second-order valence-electron chi connectivity index (χ2n) is 13.9. The van der Waals surface area contributed by atoms with E-state index in [0.29, 0.717) is 29.0 Å². The molecular weight excluding hydrogens is 808 g/mol. The molecule has 0 radical (unpaired) electrons. The zero-order valence-electron chi connectivity index (χ0n) is 32.7. The zero-order valence-corrected chi connectivity index (χ0v) is 32.7. The third kappa shape index (κ3) is 15.3. The Morgan fingerprint density at radius 2 is 1.49 bits per heavy atom. The summed E-state index contributed by atoms with van der Waals surface area (Å²) in [6, 6.07) is -4.91. The van der Waals surface area contributed by atoms with Crippen molar-refractivity contribution in [2.75, 3.05) is 19.7 Å². The Labute approximate surface area is 347 Å². The molecule has 2 heterocycles. The Kier molecular flexibility index (Phi) is 18.8. The number of aliphatic hydroxyl groups excluding tert-OH is 1. The van der Waals surface area contributed by atoms with E-state index in [4.69, 9.17) is 16.6 Å². The van der Waals surface area contributed by atoms with Crippen LogP contribution in [0.5, 0.6) is 0 Å². The van der Waals surface area contributed by atoms with Crippen molar-refractivity contribution >= 4 is 70.2 Å². The number of nitrogens with one attached hydrogen (secondary N) is 8. The number of aliphatic carboxylic acids is 3. The van der Waals surface area contributed by atoms with Gasteiger partial charge in [0.2, 0.25) is 41.4 Å². The highest BCUT2D eigenvalue weighted by Crippen LogP contribution is 2.19. The molecule has 3 rings (SSSR count). The Morgan fingerprint density at radius 1 is 0.836 bits per heavy atom. The second kappa shape index (κ2) is 23.6. The Morgan fingerprint density at radius 3 is 2.15 bits per heavy atom. The van der Waals surface area contributed by atoms with Crippen molar-refractivity contribution < 1.29 is 68.4 Å². The van der Waals surface area contributed by atoms with Crippen molar-refractivity contribution in [2.45, 2.75) is 87.2 Å². The van der Waals surface area contributed by atoms with Crippen LogP contribution < -0.4 is 48.7 Å². The molecular formula is C37H50N10O14. The number of carboxylic acid groups (broad SMARTS) is 3. The van der Waals surface area contributed by atoms with Crippen molar-refractivity contribution in [1.29, 1.82) is 0 Å². The number of amides is 7. The van der Waals surface area contributed by atoms with Gasteiger partial charge in [0.25, 0.3) is 0 Å². The number of carbonyl (C=O) groups excluding carboxylic acids is 7. The molecule has 2 aromatic rings. The van der Waals surface area contributed by atoms with Crippen molar-refractivity contribution in [3.63, 3.8) is 0 Å². The molecule has 0 unspecified atom stereocenters. The number of nitrogens with two attached hydrogens (primary N) is 2. The predicted molar refractivity (Wildman–Crippen MR) is 210 cm³/mol. The third-order valence-corrected chi connectivity index (χ3v) is 9.26. The van der Waals surface area contributed by atoms with Gasteiger partial charge in [-0.1, -0.05) is 18.2 Å². The van der Waals surface area contributed by atoms with Gasteiger partial charge in [0.15, 0.2) is 0 Å².